The van der Waals surface area contributed by atoms with Gasteiger partial charge in [0.05, 0.1) is 5.56 Å². The molecule has 31 heavy (non-hydrogen) atoms. The predicted molar refractivity (Wildman–Crippen MR) is 124 cm³/mol. The molecular formula is C25H21ClN4O. The fourth-order valence-electron chi connectivity index (χ4n) is 4.88. The standard InChI is InChI=1S/C25H21ClN4O/c26-17-7-8-21-19(14-17)20-15-29(12-10-22(20)28-21)24-18(5-3-11-27-24)25(31)30-13-9-16-4-1-2-6-23(16)30/h1-8,11,14,28H,9-10,12-13,15H2. The number of fused-ring (bicyclic) bond motifs is 4. The van der Waals surface area contributed by atoms with Crippen LogP contribution in [-0.2, 0) is 19.4 Å². The highest BCUT2D eigenvalue weighted by molar-refractivity contribution is 6.31. The molecule has 0 aliphatic carbocycles. The van der Waals surface area contributed by atoms with Gasteiger partial charge in [0.1, 0.15) is 5.82 Å². The molecule has 6 rings (SSSR count). The Balaban J connectivity index is 1.37. The van der Waals surface area contributed by atoms with Crippen molar-refractivity contribution in [2.24, 2.45) is 0 Å². The van der Waals surface area contributed by atoms with Crippen LogP contribution in [0.15, 0.2) is 60.8 Å². The first kappa shape index (κ1) is 18.5. The quantitative estimate of drug-likeness (QED) is 0.489. The molecule has 0 atom stereocenters. The second-order valence-electron chi connectivity index (χ2n) is 8.15. The molecule has 0 bridgehead atoms. The van der Waals surface area contributed by atoms with Gasteiger partial charge in [-0.25, -0.2) is 4.98 Å². The molecule has 1 amide bonds. The molecule has 5 nitrogen and oxygen atoms in total. The van der Waals surface area contributed by atoms with Gasteiger partial charge in [-0.3, -0.25) is 4.79 Å². The third-order valence-corrected chi connectivity index (χ3v) is 6.62. The van der Waals surface area contributed by atoms with E-state index in [2.05, 4.69) is 20.9 Å². The van der Waals surface area contributed by atoms with E-state index in [9.17, 15) is 4.79 Å². The van der Waals surface area contributed by atoms with Gasteiger partial charge in [-0.2, -0.15) is 0 Å². The Morgan fingerprint density at radius 3 is 2.87 bits per heavy atom. The number of benzene rings is 2. The number of carbonyl (C=O) groups excluding carboxylic acids is 1. The van der Waals surface area contributed by atoms with Gasteiger partial charge in [0.2, 0.25) is 0 Å². The van der Waals surface area contributed by atoms with E-state index in [-0.39, 0.29) is 5.91 Å². The SMILES string of the molecule is O=C(c1cccnc1N1CCc2[nH]c3ccc(Cl)cc3c2C1)N1CCc2ccccc21. The molecule has 0 saturated carbocycles. The third kappa shape index (κ3) is 3.00. The van der Waals surface area contributed by atoms with E-state index in [1.165, 1.54) is 16.8 Å². The summed E-state index contributed by atoms with van der Waals surface area (Å²) in [5.41, 5.74) is 6.46. The summed E-state index contributed by atoms with van der Waals surface area (Å²) in [7, 11) is 0. The number of nitrogens with one attached hydrogen (secondary N) is 1. The van der Waals surface area contributed by atoms with Crippen LogP contribution < -0.4 is 9.80 Å². The second-order valence-corrected chi connectivity index (χ2v) is 8.59. The number of pyridine rings is 1. The van der Waals surface area contributed by atoms with Crippen molar-refractivity contribution in [1.29, 1.82) is 0 Å². The van der Waals surface area contributed by atoms with Crippen LogP contribution >= 0.6 is 11.6 Å². The van der Waals surface area contributed by atoms with Crippen LogP contribution in [0.1, 0.15) is 27.2 Å². The van der Waals surface area contributed by atoms with Gasteiger partial charge in [0.15, 0.2) is 0 Å². The van der Waals surface area contributed by atoms with Crippen LogP contribution in [0.25, 0.3) is 10.9 Å². The summed E-state index contributed by atoms with van der Waals surface area (Å²) in [6.45, 7) is 2.21. The Kier molecular flexibility index (Phi) is 4.25. The summed E-state index contributed by atoms with van der Waals surface area (Å²) in [4.78, 5) is 25.8. The summed E-state index contributed by atoms with van der Waals surface area (Å²) in [6, 6.07) is 17.8. The number of nitrogens with zero attached hydrogens (tertiary/aromatic N) is 3. The molecular weight excluding hydrogens is 408 g/mol. The minimum Gasteiger partial charge on any atom is -0.358 e. The van der Waals surface area contributed by atoms with Crippen molar-refractivity contribution in [3.8, 4) is 0 Å². The van der Waals surface area contributed by atoms with Gasteiger partial charge in [-0.05, 0) is 48.4 Å². The lowest BCUT2D eigenvalue weighted by atomic mass is 10.0. The highest BCUT2D eigenvalue weighted by Crippen LogP contribution is 2.34. The number of H-pyrrole nitrogens is 1. The zero-order valence-electron chi connectivity index (χ0n) is 16.9. The molecule has 2 aliphatic rings. The maximum atomic E-state index is 13.6. The van der Waals surface area contributed by atoms with Crippen molar-refractivity contribution >= 4 is 39.9 Å². The number of halogens is 1. The molecule has 2 aliphatic heterocycles. The van der Waals surface area contributed by atoms with Gasteiger partial charge >= 0.3 is 0 Å². The molecule has 0 unspecified atom stereocenters. The number of hydrogen-bond acceptors (Lipinski definition) is 3. The van der Waals surface area contributed by atoms with Crippen LogP contribution in [0.2, 0.25) is 5.02 Å². The Labute approximate surface area is 185 Å². The van der Waals surface area contributed by atoms with E-state index in [1.807, 2.05) is 53.4 Å². The molecule has 0 radical (unpaired) electrons. The molecule has 0 spiro atoms. The van der Waals surface area contributed by atoms with Crippen LogP contribution in [0.3, 0.4) is 0 Å². The average molecular weight is 429 g/mol. The van der Waals surface area contributed by atoms with Gasteiger partial charge in [-0.15, -0.1) is 0 Å². The van der Waals surface area contributed by atoms with Crippen LogP contribution in [-0.4, -0.2) is 29.0 Å². The molecule has 2 aromatic carbocycles. The lowest BCUT2D eigenvalue weighted by molar-refractivity contribution is 0.0989. The van der Waals surface area contributed by atoms with Crippen molar-refractivity contribution in [3.63, 3.8) is 0 Å². The molecule has 154 valence electrons. The fourth-order valence-corrected chi connectivity index (χ4v) is 5.05. The number of aromatic nitrogens is 2. The Morgan fingerprint density at radius 2 is 1.94 bits per heavy atom. The van der Waals surface area contributed by atoms with E-state index in [0.717, 1.165) is 46.8 Å². The molecule has 2 aromatic heterocycles. The topological polar surface area (TPSA) is 52.2 Å². The van der Waals surface area contributed by atoms with Crippen LogP contribution in [0, 0.1) is 0 Å². The molecule has 1 N–H and O–H groups in total. The minimum absolute atomic E-state index is 0.0146. The van der Waals surface area contributed by atoms with Gasteiger partial charge in [0, 0.05) is 65.1 Å². The lowest BCUT2D eigenvalue weighted by Crippen LogP contribution is -2.35. The minimum atomic E-state index is 0.0146. The maximum Gasteiger partial charge on any atom is 0.262 e. The van der Waals surface area contributed by atoms with Gasteiger partial charge in [0.25, 0.3) is 5.91 Å². The Morgan fingerprint density at radius 1 is 1.03 bits per heavy atom. The van der Waals surface area contributed by atoms with Gasteiger partial charge in [-0.1, -0.05) is 29.8 Å². The summed E-state index contributed by atoms with van der Waals surface area (Å²) < 4.78 is 0. The molecule has 0 fully saturated rings. The average Bonchev–Trinajstić information content (AvgIpc) is 3.39. The smallest absolute Gasteiger partial charge is 0.262 e. The summed E-state index contributed by atoms with van der Waals surface area (Å²) in [5, 5.41) is 1.87. The van der Waals surface area contributed by atoms with Crippen molar-refractivity contribution in [2.45, 2.75) is 19.4 Å². The third-order valence-electron chi connectivity index (χ3n) is 6.39. The first-order valence-electron chi connectivity index (χ1n) is 10.6. The molecule has 0 saturated heterocycles. The largest absolute Gasteiger partial charge is 0.358 e. The maximum absolute atomic E-state index is 13.6. The molecule has 6 heteroatoms. The zero-order chi connectivity index (χ0) is 20.9. The first-order chi connectivity index (χ1) is 15.2. The number of aromatic amines is 1. The lowest BCUT2D eigenvalue weighted by Gasteiger charge is -2.30. The van der Waals surface area contributed by atoms with Crippen molar-refractivity contribution in [1.82, 2.24) is 9.97 Å². The Bertz CT molecular complexity index is 1330. The van der Waals surface area contributed by atoms with E-state index < -0.39 is 0 Å². The second kappa shape index (κ2) is 7.13. The molecule has 4 heterocycles. The number of anilines is 2. The monoisotopic (exact) mass is 428 g/mol. The van der Waals surface area contributed by atoms with Gasteiger partial charge < -0.3 is 14.8 Å². The Hall–Kier alpha value is -3.31. The van der Waals surface area contributed by atoms with Crippen molar-refractivity contribution in [2.75, 3.05) is 22.9 Å². The molecule has 4 aromatic rings. The summed E-state index contributed by atoms with van der Waals surface area (Å²) in [6.07, 6.45) is 3.53. The van der Waals surface area contributed by atoms with Crippen molar-refractivity contribution < 1.29 is 4.79 Å². The number of para-hydroxylation sites is 1. The van der Waals surface area contributed by atoms with E-state index in [0.29, 0.717) is 18.7 Å². The highest BCUT2D eigenvalue weighted by atomic mass is 35.5. The number of amides is 1. The highest BCUT2D eigenvalue weighted by Gasteiger charge is 2.30. The number of hydrogen-bond donors (Lipinski definition) is 1. The summed E-state index contributed by atoms with van der Waals surface area (Å²) >= 11 is 6.26. The number of rotatable bonds is 2. The first-order valence-corrected chi connectivity index (χ1v) is 11.0. The van der Waals surface area contributed by atoms with Crippen molar-refractivity contribution in [3.05, 3.63) is 88.2 Å². The zero-order valence-corrected chi connectivity index (χ0v) is 17.7. The van der Waals surface area contributed by atoms with Crippen LogP contribution in [0.5, 0.6) is 0 Å². The number of carbonyl (C=O) groups is 1. The fraction of sp³-hybridized carbons (Fsp3) is 0.200. The van der Waals surface area contributed by atoms with Crippen LogP contribution in [0.4, 0.5) is 11.5 Å². The summed E-state index contributed by atoms with van der Waals surface area (Å²) in [5.74, 6) is 0.764. The predicted octanol–water partition coefficient (Wildman–Crippen LogP) is 4.98. The van der Waals surface area contributed by atoms with E-state index >= 15 is 0 Å². The van der Waals surface area contributed by atoms with E-state index in [4.69, 9.17) is 11.6 Å². The van der Waals surface area contributed by atoms with E-state index in [1.54, 1.807) is 6.20 Å². The normalized spacial score (nSPS) is 15.3.